The zero-order valence-corrected chi connectivity index (χ0v) is 15.7. The summed E-state index contributed by atoms with van der Waals surface area (Å²) in [6, 6.07) is 9.95. The van der Waals surface area contributed by atoms with Crippen molar-refractivity contribution >= 4 is 23.2 Å². The van der Waals surface area contributed by atoms with Crippen molar-refractivity contribution in [1.82, 2.24) is 0 Å². The molecule has 0 radical (unpaired) electrons. The number of likely N-dealkylation sites (N-methyl/N-ethyl adjacent to an activating group) is 1. The van der Waals surface area contributed by atoms with Gasteiger partial charge >= 0.3 is 0 Å². The summed E-state index contributed by atoms with van der Waals surface area (Å²) in [5, 5.41) is 1.41. The maximum atomic E-state index is 6.37. The Morgan fingerprint density at radius 1 is 1.00 bits per heavy atom. The quantitative estimate of drug-likeness (QED) is 0.729. The number of halogens is 2. The van der Waals surface area contributed by atoms with Gasteiger partial charge in [-0.1, -0.05) is 29.3 Å². The fraction of sp³-hybridized carbons (Fsp3) is 0.368. The molecule has 1 heterocycles. The molecule has 0 amide bonds. The van der Waals surface area contributed by atoms with Crippen molar-refractivity contribution in [2.24, 2.45) is 0 Å². The van der Waals surface area contributed by atoms with Gasteiger partial charge in [0.25, 0.3) is 0 Å². The first-order valence-corrected chi connectivity index (χ1v) is 8.71. The Kier molecular flexibility index (Phi) is 4.95. The predicted octanol–water partition coefficient (Wildman–Crippen LogP) is 4.71. The summed E-state index contributed by atoms with van der Waals surface area (Å²) in [6.45, 7) is 2.87. The Morgan fingerprint density at radius 2 is 1.67 bits per heavy atom. The summed E-state index contributed by atoms with van der Waals surface area (Å²) in [5.41, 5.74) is 3.78. The highest BCUT2D eigenvalue weighted by atomic mass is 35.5. The molecule has 2 aromatic rings. The smallest absolute Gasteiger partial charge is 0.161 e. The SMILES string of the molecule is COc1cc2c(cc1OC)C[N+](C)(Cc1ccc(Cl)cc1Cl)CC2. The molecular formula is C19H22Cl2NO2+. The molecule has 0 aromatic heterocycles. The molecule has 128 valence electrons. The maximum Gasteiger partial charge on any atom is 0.161 e. The van der Waals surface area contributed by atoms with Gasteiger partial charge in [0.15, 0.2) is 11.5 Å². The van der Waals surface area contributed by atoms with E-state index in [0.717, 1.165) is 52.6 Å². The minimum absolute atomic E-state index is 0.673. The highest BCUT2D eigenvalue weighted by molar-refractivity contribution is 6.35. The van der Waals surface area contributed by atoms with Crippen molar-refractivity contribution in [1.29, 1.82) is 0 Å². The maximum absolute atomic E-state index is 6.37. The Bertz CT molecular complexity index is 763. The standard InChI is InChI=1S/C19H22Cl2NO2/c1-22(11-14-4-5-16(20)10-17(14)21)7-6-13-8-18(23-2)19(24-3)9-15(13)12-22/h4-5,8-10H,6-7,11-12H2,1-3H3/q+1. The summed E-state index contributed by atoms with van der Waals surface area (Å²) in [4.78, 5) is 0. The Hall–Kier alpha value is -1.42. The summed E-state index contributed by atoms with van der Waals surface area (Å²) < 4.78 is 11.8. The average molecular weight is 367 g/mol. The zero-order valence-electron chi connectivity index (χ0n) is 14.2. The van der Waals surface area contributed by atoms with E-state index in [2.05, 4.69) is 19.2 Å². The lowest BCUT2D eigenvalue weighted by Gasteiger charge is -2.39. The topological polar surface area (TPSA) is 18.5 Å². The molecule has 0 N–H and O–H groups in total. The number of ether oxygens (including phenoxy) is 2. The van der Waals surface area contributed by atoms with Crippen LogP contribution in [0, 0.1) is 0 Å². The van der Waals surface area contributed by atoms with Crippen LogP contribution in [-0.4, -0.2) is 32.3 Å². The van der Waals surface area contributed by atoms with Crippen LogP contribution in [-0.2, 0) is 19.5 Å². The molecule has 3 rings (SSSR count). The van der Waals surface area contributed by atoms with Crippen molar-refractivity contribution in [2.75, 3.05) is 27.8 Å². The van der Waals surface area contributed by atoms with E-state index < -0.39 is 0 Å². The van der Waals surface area contributed by atoms with E-state index in [1.54, 1.807) is 14.2 Å². The fourth-order valence-corrected chi connectivity index (χ4v) is 3.89. The molecule has 3 nitrogen and oxygen atoms in total. The lowest BCUT2D eigenvalue weighted by molar-refractivity contribution is -0.937. The van der Waals surface area contributed by atoms with Gasteiger partial charge in [-0.25, -0.2) is 0 Å². The first-order chi connectivity index (χ1) is 11.4. The first-order valence-electron chi connectivity index (χ1n) is 7.95. The van der Waals surface area contributed by atoms with E-state index in [1.165, 1.54) is 11.1 Å². The van der Waals surface area contributed by atoms with Crippen LogP contribution in [0.15, 0.2) is 30.3 Å². The van der Waals surface area contributed by atoms with Crippen LogP contribution in [0.25, 0.3) is 0 Å². The van der Waals surface area contributed by atoms with Crippen molar-refractivity contribution in [3.8, 4) is 11.5 Å². The lowest BCUT2D eigenvalue weighted by Crippen LogP contribution is -2.46. The number of nitrogens with zero attached hydrogens (tertiary/aromatic N) is 1. The molecule has 1 unspecified atom stereocenters. The molecule has 24 heavy (non-hydrogen) atoms. The van der Waals surface area contributed by atoms with Crippen molar-refractivity contribution in [3.63, 3.8) is 0 Å². The number of rotatable bonds is 4. The van der Waals surface area contributed by atoms with Gasteiger partial charge in [-0.15, -0.1) is 0 Å². The molecule has 0 aliphatic carbocycles. The summed E-state index contributed by atoms with van der Waals surface area (Å²) in [7, 11) is 5.62. The Labute approximate surface area is 153 Å². The summed E-state index contributed by atoms with van der Waals surface area (Å²) in [5.74, 6) is 1.59. The molecule has 0 saturated heterocycles. The van der Waals surface area contributed by atoms with Crippen molar-refractivity contribution in [3.05, 3.63) is 57.1 Å². The minimum Gasteiger partial charge on any atom is -0.493 e. The van der Waals surface area contributed by atoms with Crippen molar-refractivity contribution < 1.29 is 14.0 Å². The second-order valence-corrected chi connectivity index (χ2v) is 7.46. The molecule has 0 spiro atoms. The molecule has 0 saturated carbocycles. The van der Waals surface area contributed by atoms with Gasteiger partial charge in [0.05, 0.1) is 32.8 Å². The third-order valence-electron chi connectivity index (χ3n) is 4.75. The first kappa shape index (κ1) is 17.4. The normalized spacial score (nSPS) is 19.7. The third-order valence-corrected chi connectivity index (χ3v) is 5.33. The monoisotopic (exact) mass is 366 g/mol. The van der Waals surface area contributed by atoms with Crippen LogP contribution in [0.1, 0.15) is 16.7 Å². The Morgan fingerprint density at radius 3 is 2.29 bits per heavy atom. The largest absolute Gasteiger partial charge is 0.493 e. The van der Waals surface area contributed by atoms with Crippen LogP contribution >= 0.6 is 23.2 Å². The van der Waals surface area contributed by atoms with E-state index in [-0.39, 0.29) is 0 Å². The number of quaternary nitrogens is 1. The van der Waals surface area contributed by atoms with Gasteiger partial charge in [0.2, 0.25) is 0 Å². The van der Waals surface area contributed by atoms with Crippen LogP contribution in [0.2, 0.25) is 10.0 Å². The molecule has 1 aliphatic heterocycles. The Balaban J connectivity index is 1.87. The molecule has 5 heteroatoms. The number of hydrogen-bond acceptors (Lipinski definition) is 2. The van der Waals surface area contributed by atoms with Gasteiger partial charge in [0.1, 0.15) is 13.1 Å². The number of benzene rings is 2. The molecular weight excluding hydrogens is 345 g/mol. The van der Waals surface area contributed by atoms with Gasteiger partial charge in [-0.3, -0.25) is 0 Å². The summed E-state index contributed by atoms with van der Waals surface area (Å²) in [6.07, 6.45) is 1.01. The van der Waals surface area contributed by atoms with E-state index in [9.17, 15) is 0 Å². The number of methoxy groups -OCH3 is 2. The predicted molar refractivity (Wildman–Crippen MR) is 98.2 cm³/mol. The molecule has 0 bridgehead atoms. The lowest BCUT2D eigenvalue weighted by atomic mass is 9.96. The van der Waals surface area contributed by atoms with Gasteiger partial charge in [-0.2, -0.15) is 0 Å². The second-order valence-electron chi connectivity index (χ2n) is 6.62. The van der Waals surface area contributed by atoms with E-state index in [4.69, 9.17) is 32.7 Å². The average Bonchev–Trinajstić information content (AvgIpc) is 2.56. The zero-order chi connectivity index (χ0) is 17.3. The minimum atomic E-state index is 0.673. The summed E-state index contributed by atoms with van der Waals surface area (Å²) >= 11 is 12.4. The molecule has 1 aliphatic rings. The number of hydrogen-bond donors (Lipinski definition) is 0. The van der Waals surface area contributed by atoms with E-state index >= 15 is 0 Å². The molecule has 0 fully saturated rings. The van der Waals surface area contributed by atoms with Crippen LogP contribution in [0.3, 0.4) is 0 Å². The number of fused-ring (bicyclic) bond motifs is 1. The third kappa shape index (κ3) is 3.49. The highest BCUT2D eigenvalue weighted by Crippen LogP contribution is 2.36. The van der Waals surface area contributed by atoms with Gasteiger partial charge < -0.3 is 14.0 Å². The van der Waals surface area contributed by atoms with Crippen LogP contribution in [0.4, 0.5) is 0 Å². The van der Waals surface area contributed by atoms with Gasteiger partial charge in [0, 0.05) is 22.6 Å². The van der Waals surface area contributed by atoms with Crippen LogP contribution in [0.5, 0.6) is 11.5 Å². The van der Waals surface area contributed by atoms with Gasteiger partial charge in [-0.05, 0) is 29.8 Å². The van der Waals surface area contributed by atoms with Crippen molar-refractivity contribution in [2.45, 2.75) is 19.5 Å². The second kappa shape index (κ2) is 6.83. The molecule has 1 atom stereocenters. The highest BCUT2D eigenvalue weighted by Gasteiger charge is 2.30. The fourth-order valence-electron chi connectivity index (χ4n) is 3.42. The van der Waals surface area contributed by atoms with E-state index in [1.807, 2.05) is 18.2 Å². The van der Waals surface area contributed by atoms with Crippen LogP contribution < -0.4 is 9.47 Å². The molecule has 2 aromatic carbocycles. The van der Waals surface area contributed by atoms with E-state index in [0.29, 0.717) is 5.02 Å².